The molecule has 2 fully saturated rings. The number of amides is 1. The van der Waals surface area contributed by atoms with Crippen LogP contribution in [0.3, 0.4) is 0 Å². The standard InChI is InChI=1S/C13H13Cl2NO3/c14-8-1-2-9(17)11(12(8)15)6-3-7-4-10(18)13(19)16(7)5-6/h1-2,6-7,10,17-18H,3-5H2/t6-,7?,10?/m0/s1. The molecule has 2 aliphatic heterocycles. The second-order valence-electron chi connectivity index (χ2n) is 5.12. The van der Waals surface area contributed by atoms with Crippen molar-refractivity contribution in [3.63, 3.8) is 0 Å². The molecule has 0 bridgehead atoms. The number of nitrogens with zero attached hydrogens (tertiary/aromatic N) is 1. The van der Waals surface area contributed by atoms with E-state index in [4.69, 9.17) is 23.2 Å². The smallest absolute Gasteiger partial charge is 0.251 e. The topological polar surface area (TPSA) is 60.8 Å². The van der Waals surface area contributed by atoms with E-state index >= 15 is 0 Å². The number of fused-ring (bicyclic) bond motifs is 1. The summed E-state index contributed by atoms with van der Waals surface area (Å²) < 4.78 is 0. The molecule has 0 aromatic heterocycles. The maximum Gasteiger partial charge on any atom is 0.251 e. The molecule has 3 rings (SSSR count). The number of hydrogen-bond acceptors (Lipinski definition) is 3. The molecule has 2 N–H and O–H groups in total. The van der Waals surface area contributed by atoms with Gasteiger partial charge in [-0.2, -0.15) is 0 Å². The van der Waals surface area contributed by atoms with Gasteiger partial charge in [0, 0.05) is 30.5 Å². The second kappa shape index (κ2) is 4.54. The molecular formula is C13H13Cl2NO3. The van der Waals surface area contributed by atoms with Crippen LogP contribution in [0.1, 0.15) is 24.3 Å². The number of carbonyl (C=O) groups is 1. The molecule has 0 radical (unpaired) electrons. The van der Waals surface area contributed by atoms with Crippen LogP contribution < -0.4 is 0 Å². The Hall–Kier alpha value is -0.970. The molecule has 1 amide bonds. The van der Waals surface area contributed by atoms with E-state index in [1.165, 1.54) is 6.07 Å². The first-order valence-corrected chi connectivity index (χ1v) is 6.90. The predicted octanol–water partition coefficient (Wildman–Crippen LogP) is 2.15. The quantitative estimate of drug-likeness (QED) is 0.835. The van der Waals surface area contributed by atoms with Crippen molar-refractivity contribution in [3.05, 3.63) is 27.7 Å². The molecule has 4 nitrogen and oxygen atoms in total. The average Bonchev–Trinajstić information content (AvgIpc) is 2.86. The van der Waals surface area contributed by atoms with Gasteiger partial charge in [-0.25, -0.2) is 0 Å². The number of aromatic hydroxyl groups is 1. The summed E-state index contributed by atoms with van der Waals surface area (Å²) in [6, 6.07) is 3.10. The molecule has 102 valence electrons. The summed E-state index contributed by atoms with van der Waals surface area (Å²) in [6.45, 7) is 0.466. The highest BCUT2D eigenvalue weighted by Gasteiger charge is 2.45. The van der Waals surface area contributed by atoms with Crippen molar-refractivity contribution in [2.24, 2.45) is 0 Å². The van der Waals surface area contributed by atoms with E-state index < -0.39 is 6.10 Å². The fourth-order valence-electron chi connectivity index (χ4n) is 3.11. The van der Waals surface area contributed by atoms with E-state index in [0.29, 0.717) is 35.0 Å². The van der Waals surface area contributed by atoms with Crippen LogP contribution in [0, 0.1) is 0 Å². The second-order valence-corrected chi connectivity index (χ2v) is 5.91. The molecule has 2 saturated heterocycles. The fourth-order valence-corrected chi connectivity index (χ4v) is 3.59. The zero-order valence-electron chi connectivity index (χ0n) is 10.0. The minimum atomic E-state index is -0.880. The van der Waals surface area contributed by atoms with Crippen LogP contribution in [0.4, 0.5) is 0 Å². The van der Waals surface area contributed by atoms with Gasteiger partial charge in [-0.05, 0) is 18.6 Å². The van der Waals surface area contributed by atoms with Crippen molar-refractivity contribution >= 4 is 29.1 Å². The molecule has 1 aromatic carbocycles. The Bertz CT molecular complexity index is 549. The molecule has 0 spiro atoms. The van der Waals surface area contributed by atoms with Gasteiger partial charge in [-0.15, -0.1) is 0 Å². The summed E-state index contributed by atoms with van der Waals surface area (Å²) in [6.07, 6.45) is 0.263. The highest BCUT2D eigenvalue weighted by atomic mass is 35.5. The Morgan fingerprint density at radius 1 is 1.26 bits per heavy atom. The third-order valence-corrected chi connectivity index (χ3v) is 4.81. The average molecular weight is 302 g/mol. The van der Waals surface area contributed by atoms with Crippen LogP contribution >= 0.6 is 23.2 Å². The lowest BCUT2D eigenvalue weighted by Crippen LogP contribution is -2.30. The largest absolute Gasteiger partial charge is 0.508 e. The zero-order valence-corrected chi connectivity index (χ0v) is 11.5. The number of rotatable bonds is 1. The minimum absolute atomic E-state index is 0.0296. The lowest BCUT2D eigenvalue weighted by molar-refractivity contribution is -0.134. The van der Waals surface area contributed by atoms with Gasteiger partial charge in [-0.3, -0.25) is 4.79 Å². The number of benzene rings is 1. The number of phenols is 1. The van der Waals surface area contributed by atoms with Crippen molar-refractivity contribution in [2.45, 2.75) is 30.9 Å². The van der Waals surface area contributed by atoms with E-state index in [0.717, 1.165) is 0 Å². The van der Waals surface area contributed by atoms with E-state index in [-0.39, 0.29) is 23.6 Å². The predicted molar refractivity (Wildman–Crippen MR) is 71.6 cm³/mol. The zero-order chi connectivity index (χ0) is 13.7. The Morgan fingerprint density at radius 2 is 2.00 bits per heavy atom. The Morgan fingerprint density at radius 3 is 2.68 bits per heavy atom. The van der Waals surface area contributed by atoms with Gasteiger partial charge < -0.3 is 15.1 Å². The summed E-state index contributed by atoms with van der Waals surface area (Å²) in [4.78, 5) is 13.4. The van der Waals surface area contributed by atoms with E-state index in [1.807, 2.05) is 0 Å². The first-order chi connectivity index (χ1) is 8.99. The van der Waals surface area contributed by atoms with Crippen LogP contribution in [0.5, 0.6) is 5.75 Å². The highest BCUT2D eigenvalue weighted by Crippen LogP contribution is 2.45. The van der Waals surface area contributed by atoms with Crippen molar-refractivity contribution in [3.8, 4) is 5.75 Å². The van der Waals surface area contributed by atoms with Crippen LogP contribution in [-0.2, 0) is 4.79 Å². The van der Waals surface area contributed by atoms with Crippen molar-refractivity contribution in [1.82, 2.24) is 4.90 Å². The van der Waals surface area contributed by atoms with E-state index in [2.05, 4.69) is 0 Å². The van der Waals surface area contributed by atoms with E-state index in [1.54, 1.807) is 11.0 Å². The van der Waals surface area contributed by atoms with Gasteiger partial charge in [0.05, 0.1) is 10.0 Å². The van der Waals surface area contributed by atoms with Gasteiger partial charge >= 0.3 is 0 Å². The highest BCUT2D eigenvalue weighted by molar-refractivity contribution is 6.42. The van der Waals surface area contributed by atoms with Crippen molar-refractivity contribution < 1.29 is 15.0 Å². The molecule has 0 aliphatic carbocycles. The number of carbonyl (C=O) groups excluding carboxylic acids is 1. The van der Waals surface area contributed by atoms with Gasteiger partial charge in [0.25, 0.3) is 5.91 Å². The summed E-state index contributed by atoms with van der Waals surface area (Å²) in [5.41, 5.74) is 0.603. The SMILES string of the molecule is O=C1C(O)CC2C[C@H](c3c(O)ccc(Cl)c3Cl)CN12. The summed E-state index contributed by atoms with van der Waals surface area (Å²) >= 11 is 12.1. The maximum atomic E-state index is 11.8. The molecular weight excluding hydrogens is 289 g/mol. The number of hydrogen-bond donors (Lipinski definition) is 2. The first kappa shape index (κ1) is 13.0. The molecule has 19 heavy (non-hydrogen) atoms. The minimum Gasteiger partial charge on any atom is -0.508 e. The monoisotopic (exact) mass is 301 g/mol. The Balaban J connectivity index is 1.91. The van der Waals surface area contributed by atoms with Crippen molar-refractivity contribution in [1.29, 1.82) is 0 Å². The third-order valence-electron chi connectivity index (χ3n) is 4.00. The molecule has 1 aromatic rings. The Labute approximate surface area is 120 Å². The number of aliphatic hydroxyl groups is 1. The van der Waals surface area contributed by atoms with Crippen LogP contribution in [-0.4, -0.2) is 39.7 Å². The lowest BCUT2D eigenvalue weighted by Gasteiger charge is -2.17. The maximum absolute atomic E-state index is 11.8. The lowest BCUT2D eigenvalue weighted by atomic mass is 9.94. The fraction of sp³-hybridized carbons (Fsp3) is 0.462. The number of halogens is 2. The molecule has 6 heteroatoms. The van der Waals surface area contributed by atoms with Gasteiger partial charge in [0.2, 0.25) is 0 Å². The molecule has 0 saturated carbocycles. The summed E-state index contributed by atoms with van der Waals surface area (Å²) in [5, 5.41) is 20.2. The van der Waals surface area contributed by atoms with Gasteiger partial charge in [-0.1, -0.05) is 23.2 Å². The molecule has 2 heterocycles. The van der Waals surface area contributed by atoms with Crippen LogP contribution in [0.15, 0.2) is 12.1 Å². The van der Waals surface area contributed by atoms with Gasteiger partial charge in [0.15, 0.2) is 0 Å². The van der Waals surface area contributed by atoms with E-state index in [9.17, 15) is 15.0 Å². The molecule has 3 atom stereocenters. The molecule has 2 unspecified atom stereocenters. The normalized spacial score (nSPS) is 29.9. The van der Waals surface area contributed by atoms with Crippen LogP contribution in [0.25, 0.3) is 0 Å². The molecule has 2 aliphatic rings. The summed E-state index contributed by atoms with van der Waals surface area (Å²) in [5.74, 6) is -0.161. The Kier molecular flexibility index (Phi) is 3.12. The summed E-state index contributed by atoms with van der Waals surface area (Å²) in [7, 11) is 0. The van der Waals surface area contributed by atoms with Crippen LogP contribution in [0.2, 0.25) is 10.0 Å². The number of aliphatic hydroxyl groups excluding tert-OH is 1. The third kappa shape index (κ3) is 1.98. The number of phenolic OH excluding ortho intramolecular Hbond substituents is 1. The first-order valence-electron chi connectivity index (χ1n) is 6.14. The van der Waals surface area contributed by atoms with Crippen molar-refractivity contribution in [2.75, 3.05) is 6.54 Å². The van der Waals surface area contributed by atoms with Gasteiger partial charge in [0.1, 0.15) is 11.9 Å².